The maximum atomic E-state index is 12.9. The maximum Gasteiger partial charge on any atom is 0.416 e. The van der Waals surface area contributed by atoms with E-state index < -0.39 is 11.7 Å². The van der Waals surface area contributed by atoms with Crippen molar-refractivity contribution in [2.24, 2.45) is 0 Å². The second kappa shape index (κ2) is 8.53. The van der Waals surface area contributed by atoms with Crippen LogP contribution in [0.3, 0.4) is 0 Å². The lowest BCUT2D eigenvalue weighted by Gasteiger charge is -2.36. The molecule has 2 N–H and O–H groups in total. The van der Waals surface area contributed by atoms with Gasteiger partial charge in [0.15, 0.2) is 6.04 Å². The molecule has 5 nitrogen and oxygen atoms in total. The molecule has 1 fully saturated rings. The fourth-order valence-corrected chi connectivity index (χ4v) is 3.43. The molecule has 3 rings (SSSR count). The molecule has 1 amide bonds. The molecular formula is C21H22F3N4O+. The highest BCUT2D eigenvalue weighted by Crippen LogP contribution is 2.31. The number of nitriles is 1. The molecule has 1 atom stereocenters. The van der Waals surface area contributed by atoms with Gasteiger partial charge in [-0.1, -0.05) is 6.07 Å². The highest BCUT2D eigenvalue weighted by molar-refractivity contribution is 5.93. The van der Waals surface area contributed by atoms with Gasteiger partial charge in [0.2, 0.25) is 0 Å². The van der Waals surface area contributed by atoms with Crippen molar-refractivity contribution in [2.75, 3.05) is 36.4 Å². The third kappa shape index (κ3) is 5.06. The Morgan fingerprint density at radius 1 is 1.17 bits per heavy atom. The van der Waals surface area contributed by atoms with Crippen molar-refractivity contribution >= 4 is 17.3 Å². The van der Waals surface area contributed by atoms with Crippen molar-refractivity contribution in [1.29, 1.82) is 5.26 Å². The van der Waals surface area contributed by atoms with E-state index in [1.165, 1.54) is 12.1 Å². The average Bonchev–Trinajstić information content (AvgIpc) is 2.73. The van der Waals surface area contributed by atoms with Gasteiger partial charge in [0, 0.05) is 11.4 Å². The first kappa shape index (κ1) is 20.7. The third-order valence-electron chi connectivity index (χ3n) is 5.23. The van der Waals surface area contributed by atoms with Crippen molar-refractivity contribution < 1.29 is 22.9 Å². The number of hydrogen-bond donors (Lipinski definition) is 2. The number of nitrogens with zero attached hydrogens (tertiary/aromatic N) is 2. The topological polar surface area (TPSA) is 60.6 Å². The van der Waals surface area contributed by atoms with Gasteiger partial charge in [-0.25, -0.2) is 0 Å². The summed E-state index contributed by atoms with van der Waals surface area (Å²) in [6.07, 6.45) is -4.36. The third-order valence-corrected chi connectivity index (χ3v) is 5.23. The molecule has 0 bridgehead atoms. The van der Waals surface area contributed by atoms with Gasteiger partial charge in [-0.15, -0.1) is 0 Å². The largest absolute Gasteiger partial charge is 0.416 e. The molecule has 8 heteroatoms. The number of hydrogen-bond acceptors (Lipinski definition) is 3. The molecule has 1 heterocycles. The molecule has 0 aliphatic carbocycles. The molecule has 0 aromatic heterocycles. The van der Waals surface area contributed by atoms with Crippen LogP contribution in [0.15, 0.2) is 48.5 Å². The molecule has 152 valence electrons. The van der Waals surface area contributed by atoms with Crippen molar-refractivity contribution in [3.05, 3.63) is 59.7 Å². The Kier molecular flexibility index (Phi) is 6.09. The Hall–Kier alpha value is -3.05. The van der Waals surface area contributed by atoms with Gasteiger partial charge in [-0.3, -0.25) is 4.79 Å². The fourth-order valence-electron chi connectivity index (χ4n) is 3.43. The zero-order valence-electron chi connectivity index (χ0n) is 16.0. The summed E-state index contributed by atoms with van der Waals surface area (Å²) in [5.74, 6) is -0.128. The molecule has 29 heavy (non-hydrogen) atoms. The minimum atomic E-state index is -4.36. The molecule has 2 aromatic carbocycles. The summed E-state index contributed by atoms with van der Waals surface area (Å²) in [6, 6.07) is 13.7. The normalized spacial score (nSPS) is 16.2. The van der Waals surface area contributed by atoms with E-state index in [1.807, 2.05) is 17.9 Å². The van der Waals surface area contributed by atoms with Crippen LogP contribution in [0, 0.1) is 11.3 Å². The molecule has 0 radical (unpaired) electrons. The predicted molar refractivity (Wildman–Crippen MR) is 104 cm³/mol. The van der Waals surface area contributed by atoms with Crippen molar-refractivity contribution in [2.45, 2.75) is 19.1 Å². The van der Waals surface area contributed by atoms with Crippen LogP contribution in [-0.4, -0.2) is 38.1 Å². The number of halogens is 3. The Bertz CT molecular complexity index is 897. The monoisotopic (exact) mass is 403 g/mol. The number of piperazine rings is 1. The van der Waals surface area contributed by atoms with Gasteiger partial charge in [0.1, 0.15) is 0 Å². The first-order valence-corrected chi connectivity index (χ1v) is 9.36. The SMILES string of the molecule is C[C@@H](C(=O)Nc1ccc(C#N)cc1)[NH+]1CCN(c2cccc(C(F)(F)F)c2)CC1. The van der Waals surface area contributed by atoms with Crippen molar-refractivity contribution in [3.8, 4) is 6.07 Å². The maximum absolute atomic E-state index is 12.9. The molecule has 0 saturated carbocycles. The number of carbonyl (C=O) groups is 1. The average molecular weight is 403 g/mol. The first-order valence-electron chi connectivity index (χ1n) is 9.36. The Labute approximate surface area is 167 Å². The van der Waals surface area contributed by atoms with Crippen LogP contribution in [0.4, 0.5) is 24.5 Å². The number of alkyl halides is 3. The Morgan fingerprint density at radius 2 is 1.83 bits per heavy atom. The smallest absolute Gasteiger partial charge is 0.360 e. The number of nitrogens with one attached hydrogen (secondary N) is 2. The lowest BCUT2D eigenvalue weighted by molar-refractivity contribution is -0.914. The molecule has 1 aliphatic rings. The minimum Gasteiger partial charge on any atom is -0.360 e. The lowest BCUT2D eigenvalue weighted by Crippen LogP contribution is -3.19. The molecule has 1 saturated heterocycles. The van der Waals surface area contributed by atoms with Crippen molar-refractivity contribution in [3.63, 3.8) is 0 Å². The van der Waals surface area contributed by atoms with Gasteiger partial charge in [-0.2, -0.15) is 18.4 Å². The Morgan fingerprint density at radius 3 is 2.41 bits per heavy atom. The van der Waals surface area contributed by atoms with Crippen LogP contribution in [0.1, 0.15) is 18.1 Å². The number of carbonyl (C=O) groups excluding carboxylic acids is 1. The van der Waals surface area contributed by atoms with Gasteiger partial charge in [0.05, 0.1) is 43.4 Å². The standard InChI is InChI=1S/C21H21F3N4O/c1-15(20(29)26-18-7-5-16(14-25)6-8-18)27-9-11-28(12-10-27)19-4-2-3-17(13-19)21(22,23)24/h2-8,13,15H,9-12H2,1H3,(H,26,29)/p+1/t15-/m0/s1. The van der Waals surface area contributed by atoms with Gasteiger partial charge in [-0.05, 0) is 49.4 Å². The van der Waals surface area contributed by atoms with E-state index in [-0.39, 0.29) is 11.9 Å². The van der Waals surface area contributed by atoms with Crippen LogP contribution >= 0.6 is 0 Å². The summed E-state index contributed by atoms with van der Waals surface area (Å²) in [5.41, 5.74) is 1.05. The molecular weight excluding hydrogens is 381 g/mol. The Balaban J connectivity index is 1.57. The second-order valence-corrected chi connectivity index (χ2v) is 7.09. The quantitative estimate of drug-likeness (QED) is 0.824. The van der Waals surface area contributed by atoms with Crippen LogP contribution in [-0.2, 0) is 11.0 Å². The summed E-state index contributed by atoms with van der Waals surface area (Å²) in [7, 11) is 0. The molecule has 2 aromatic rings. The fraction of sp³-hybridized carbons (Fsp3) is 0.333. The van der Waals surface area contributed by atoms with Crippen LogP contribution in [0.25, 0.3) is 0 Å². The number of quaternary nitrogens is 1. The minimum absolute atomic E-state index is 0.128. The summed E-state index contributed by atoms with van der Waals surface area (Å²) in [6.45, 7) is 4.29. The van der Waals surface area contributed by atoms with E-state index in [2.05, 4.69) is 5.32 Å². The predicted octanol–water partition coefficient (Wildman–Crippen LogP) is 2.31. The highest BCUT2D eigenvalue weighted by Gasteiger charge is 2.32. The summed E-state index contributed by atoms with van der Waals surface area (Å²) in [5, 5.41) is 11.7. The zero-order valence-corrected chi connectivity index (χ0v) is 16.0. The van der Waals surface area contributed by atoms with Crippen LogP contribution < -0.4 is 15.1 Å². The van der Waals surface area contributed by atoms with Crippen molar-refractivity contribution in [1.82, 2.24) is 0 Å². The van der Waals surface area contributed by atoms with E-state index in [0.717, 1.165) is 11.0 Å². The first-order chi connectivity index (χ1) is 13.8. The van der Waals surface area contributed by atoms with Crippen LogP contribution in [0.5, 0.6) is 0 Å². The number of amides is 1. The van der Waals surface area contributed by atoms with Crippen LogP contribution in [0.2, 0.25) is 0 Å². The summed E-state index contributed by atoms with van der Waals surface area (Å²) >= 11 is 0. The zero-order chi connectivity index (χ0) is 21.0. The van der Waals surface area contributed by atoms with Gasteiger partial charge >= 0.3 is 6.18 Å². The van der Waals surface area contributed by atoms with Gasteiger partial charge in [0.25, 0.3) is 5.91 Å². The highest BCUT2D eigenvalue weighted by atomic mass is 19.4. The summed E-state index contributed by atoms with van der Waals surface area (Å²) < 4.78 is 38.8. The molecule has 1 aliphatic heterocycles. The molecule has 0 spiro atoms. The van der Waals surface area contributed by atoms with E-state index in [0.29, 0.717) is 43.1 Å². The summed E-state index contributed by atoms with van der Waals surface area (Å²) in [4.78, 5) is 15.5. The number of rotatable bonds is 4. The van der Waals surface area contributed by atoms with Gasteiger partial charge < -0.3 is 15.1 Å². The molecule has 0 unspecified atom stereocenters. The van der Waals surface area contributed by atoms with E-state index >= 15 is 0 Å². The lowest BCUT2D eigenvalue weighted by atomic mass is 10.1. The second-order valence-electron chi connectivity index (χ2n) is 7.09. The van der Waals surface area contributed by atoms with E-state index in [4.69, 9.17) is 5.26 Å². The van der Waals surface area contributed by atoms with E-state index in [9.17, 15) is 18.0 Å². The van der Waals surface area contributed by atoms with E-state index in [1.54, 1.807) is 30.3 Å². The number of benzene rings is 2. The number of anilines is 2.